The van der Waals surface area contributed by atoms with Crippen LogP contribution in [0.2, 0.25) is 0 Å². The second kappa shape index (κ2) is 7.19. The smallest absolute Gasteiger partial charge is 0.326 e. The Bertz CT molecular complexity index is 243. The first kappa shape index (κ1) is 14.9. The molecule has 6 heteroatoms. The molecule has 0 unspecified atom stereocenters. The molecule has 0 aliphatic rings. The van der Waals surface area contributed by atoms with Crippen LogP contribution in [0.3, 0.4) is 0 Å². The number of nitrogens with two attached hydrogens (primary N) is 2. The Balaban J connectivity index is 4.28. The van der Waals surface area contributed by atoms with Gasteiger partial charge in [-0.15, -0.1) is 0 Å². The van der Waals surface area contributed by atoms with Gasteiger partial charge in [0.05, 0.1) is 6.04 Å². The van der Waals surface area contributed by atoms with Crippen LogP contribution in [0.25, 0.3) is 0 Å². The lowest BCUT2D eigenvalue weighted by atomic mass is 10.0. The van der Waals surface area contributed by atoms with Crippen molar-refractivity contribution in [1.29, 1.82) is 0 Å². The summed E-state index contributed by atoms with van der Waals surface area (Å²) in [7, 11) is 0. The molecule has 2 atom stereocenters. The fourth-order valence-corrected chi connectivity index (χ4v) is 1.15. The lowest BCUT2D eigenvalue weighted by molar-refractivity contribution is -0.142. The predicted octanol–water partition coefficient (Wildman–Crippen LogP) is -0.722. The summed E-state index contributed by atoms with van der Waals surface area (Å²) in [6, 6.07) is -1.58. The minimum absolute atomic E-state index is 0.0241. The van der Waals surface area contributed by atoms with Gasteiger partial charge >= 0.3 is 5.97 Å². The Morgan fingerprint density at radius 3 is 2.31 bits per heavy atom. The van der Waals surface area contributed by atoms with Crippen molar-refractivity contribution in [1.82, 2.24) is 5.32 Å². The Kier molecular flexibility index (Phi) is 6.67. The van der Waals surface area contributed by atoms with Crippen molar-refractivity contribution < 1.29 is 14.7 Å². The summed E-state index contributed by atoms with van der Waals surface area (Å²) in [5.74, 6) is -1.51. The molecule has 0 fully saturated rings. The van der Waals surface area contributed by atoms with Crippen molar-refractivity contribution in [3.63, 3.8) is 0 Å². The summed E-state index contributed by atoms with van der Waals surface area (Å²) in [4.78, 5) is 22.4. The van der Waals surface area contributed by atoms with E-state index < -0.39 is 24.0 Å². The lowest BCUT2D eigenvalue weighted by Gasteiger charge is -2.19. The van der Waals surface area contributed by atoms with E-state index in [0.717, 1.165) is 0 Å². The number of rotatable bonds is 7. The minimum Gasteiger partial charge on any atom is -0.480 e. The van der Waals surface area contributed by atoms with Crippen LogP contribution < -0.4 is 16.8 Å². The van der Waals surface area contributed by atoms with Crippen LogP contribution >= 0.6 is 0 Å². The molecular weight excluding hydrogens is 210 g/mol. The SMILES string of the molecule is CC(C)[C@H](N)C(=O)N[C@@H](CCCN)C(=O)O. The fraction of sp³-hybridized carbons (Fsp3) is 0.800. The van der Waals surface area contributed by atoms with Crippen LogP contribution in [-0.4, -0.2) is 35.6 Å². The lowest BCUT2D eigenvalue weighted by Crippen LogP contribution is -2.50. The van der Waals surface area contributed by atoms with E-state index in [1.54, 1.807) is 13.8 Å². The van der Waals surface area contributed by atoms with E-state index in [-0.39, 0.29) is 5.92 Å². The summed E-state index contributed by atoms with van der Waals surface area (Å²) in [5.41, 5.74) is 10.9. The normalized spacial score (nSPS) is 14.6. The monoisotopic (exact) mass is 231 g/mol. The van der Waals surface area contributed by atoms with E-state index in [0.29, 0.717) is 19.4 Å². The average molecular weight is 231 g/mol. The second-order valence-corrected chi connectivity index (χ2v) is 4.10. The summed E-state index contributed by atoms with van der Waals surface area (Å²) < 4.78 is 0. The molecule has 94 valence electrons. The van der Waals surface area contributed by atoms with Gasteiger partial charge < -0.3 is 21.9 Å². The Morgan fingerprint density at radius 1 is 1.38 bits per heavy atom. The zero-order valence-electron chi connectivity index (χ0n) is 9.77. The van der Waals surface area contributed by atoms with Crippen LogP contribution in [-0.2, 0) is 9.59 Å². The van der Waals surface area contributed by atoms with E-state index in [9.17, 15) is 9.59 Å². The molecule has 0 spiro atoms. The highest BCUT2D eigenvalue weighted by molar-refractivity contribution is 5.86. The van der Waals surface area contributed by atoms with Gasteiger partial charge in [-0.1, -0.05) is 13.8 Å². The highest BCUT2D eigenvalue weighted by Gasteiger charge is 2.24. The Morgan fingerprint density at radius 2 is 1.94 bits per heavy atom. The standard InChI is InChI=1S/C10H21N3O3/c1-6(2)8(12)9(14)13-7(10(15)16)4-3-5-11/h6-8H,3-5,11-12H2,1-2H3,(H,13,14)(H,15,16)/t7-,8-/m0/s1. The first-order chi connectivity index (χ1) is 7.40. The Hall–Kier alpha value is -1.14. The van der Waals surface area contributed by atoms with Crippen LogP contribution in [0.5, 0.6) is 0 Å². The molecule has 0 aromatic heterocycles. The van der Waals surface area contributed by atoms with Gasteiger partial charge in [0.25, 0.3) is 0 Å². The maximum atomic E-state index is 11.5. The number of carbonyl (C=O) groups is 2. The number of carboxylic acids is 1. The molecule has 0 bridgehead atoms. The number of amides is 1. The maximum absolute atomic E-state index is 11.5. The average Bonchev–Trinajstić information content (AvgIpc) is 2.21. The minimum atomic E-state index is -1.06. The quantitative estimate of drug-likeness (QED) is 0.461. The number of carbonyl (C=O) groups excluding carboxylic acids is 1. The molecular formula is C10H21N3O3. The molecule has 6 nitrogen and oxygen atoms in total. The third-order valence-corrected chi connectivity index (χ3v) is 2.33. The van der Waals surface area contributed by atoms with Crippen molar-refractivity contribution in [2.24, 2.45) is 17.4 Å². The van der Waals surface area contributed by atoms with E-state index in [1.165, 1.54) is 0 Å². The molecule has 0 heterocycles. The summed E-state index contributed by atoms with van der Waals surface area (Å²) in [6.07, 6.45) is 0.872. The van der Waals surface area contributed by atoms with Gasteiger partial charge in [0, 0.05) is 0 Å². The molecule has 16 heavy (non-hydrogen) atoms. The summed E-state index contributed by atoms with van der Waals surface area (Å²) >= 11 is 0. The molecule has 6 N–H and O–H groups in total. The number of hydrogen-bond donors (Lipinski definition) is 4. The van der Waals surface area contributed by atoms with Gasteiger partial charge in [0.2, 0.25) is 5.91 Å². The number of carboxylic acid groups (broad SMARTS) is 1. The number of aliphatic carboxylic acids is 1. The summed E-state index contributed by atoms with van der Waals surface area (Å²) in [6.45, 7) is 4.01. The van der Waals surface area contributed by atoms with Gasteiger partial charge in [0.1, 0.15) is 6.04 Å². The van der Waals surface area contributed by atoms with Crippen molar-refractivity contribution in [2.45, 2.75) is 38.8 Å². The van der Waals surface area contributed by atoms with Crippen LogP contribution in [0.1, 0.15) is 26.7 Å². The van der Waals surface area contributed by atoms with Gasteiger partial charge in [-0.25, -0.2) is 4.79 Å². The van der Waals surface area contributed by atoms with Crippen molar-refractivity contribution in [3.8, 4) is 0 Å². The van der Waals surface area contributed by atoms with Crippen molar-refractivity contribution in [3.05, 3.63) is 0 Å². The first-order valence-corrected chi connectivity index (χ1v) is 5.39. The highest BCUT2D eigenvalue weighted by Crippen LogP contribution is 2.01. The van der Waals surface area contributed by atoms with Crippen LogP contribution in [0.4, 0.5) is 0 Å². The molecule has 0 radical (unpaired) electrons. The van der Waals surface area contributed by atoms with E-state index in [2.05, 4.69) is 5.32 Å². The molecule has 0 saturated carbocycles. The maximum Gasteiger partial charge on any atom is 0.326 e. The first-order valence-electron chi connectivity index (χ1n) is 5.39. The molecule has 1 amide bonds. The molecule has 0 aliphatic heterocycles. The highest BCUT2D eigenvalue weighted by atomic mass is 16.4. The Labute approximate surface area is 95.4 Å². The fourth-order valence-electron chi connectivity index (χ4n) is 1.15. The topological polar surface area (TPSA) is 118 Å². The molecule has 0 aromatic rings. The van der Waals surface area contributed by atoms with Gasteiger partial charge in [0.15, 0.2) is 0 Å². The molecule has 0 aromatic carbocycles. The number of hydrogen-bond acceptors (Lipinski definition) is 4. The van der Waals surface area contributed by atoms with E-state index in [4.69, 9.17) is 16.6 Å². The van der Waals surface area contributed by atoms with Gasteiger partial charge in [-0.05, 0) is 25.3 Å². The summed E-state index contributed by atoms with van der Waals surface area (Å²) in [5, 5.41) is 11.3. The van der Waals surface area contributed by atoms with E-state index >= 15 is 0 Å². The van der Waals surface area contributed by atoms with Crippen LogP contribution in [0.15, 0.2) is 0 Å². The van der Waals surface area contributed by atoms with Gasteiger partial charge in [-0.3, -0.25) is 4.79 Å². The van der Waals surface area contributed by atoms with Crippen molar-refractivity contribution in [2.75, 3.05) is 6.54 Å². The molecule has 0 aliphatic carbocycles. The van der Waals surface area contributed by atoms with E-state index in [1.807, 2.05) is 0 Å². The van der Waals surface area contributed by atoms with Gasteiger partial charge in [-0.2, -0.15) is 0 Å². The molecule has 0 saturated heterocycles. The second-order valence-electron chi connectivity index (χ2n) is 4.10. The zero-order valence-corrected chi connectivity index (χ0v) is 9.77. The van der Waals surface area contributed by atoms with Crippen LogP contribution in [0, 0.1) is 5.92 Å². The largest absolute Gasteiger partial charge is 0.480 e. The van der Waals surface area contributed by atoms with Crippen molar-refractivity contribution >= 4 is 11.9 Å². The molecule has 0 rings (SSSR count). The predicted molar refractivity (Wildman–Crippen MR) is 60.7 cm³/mol. The zero-order chi connectivity index (χ0) is 12.7. The number of nitrogens with one attached hydrogen (secondary N) is 1. The third kappa shape index (κ3) is 5.09. The third-order valence-electron chi connectivity index (χ3n) is 2.33.